The zero-order chi connectivity index (χ0) is 20.0. The summed E-state index contributed by atoms with van der Waals surface area (Å²) in [7, 11) is 1.93. The molecule has 0 spiro atoms. The first-order chi connectivity index (χ1) is 13.5. The second-order valence-electron chi connectivity index (χ2n) is 6.75. The predicted molar refractivity (Wildman–Crippen MR) is 115 cm³/mol. The van der Waals surface area contributed by atoms with E-state index in [4.69, 9.17) is 0 Å². The van der Waals surface area contributed by atoms with Gasteiger partial charge in [0.25, 0.3) is 0 Å². The molecule has 0 saturated carbocycles. The van der Waals surface area contributed by atoms with Crippen molar-refractivity contribution in [1.82, 2.24) is 25.4 Å². The van der Waals surface area contributed by atoms with Crippen LogP contribution < -0.4 is 10.6 Å². The number of nitrogens with one attached hydrogen (secondary N) is 2. The van der Waals surface area contributed by atoms with E-state index in [1.807, 2.05) is 36.1 Å². The van der Waals surface area contributed by atoms with Crippen LogP contribution in [0.1, 0.15) is 28.3 Å². The van der Waals surface area contributed by atoms with E-state index in [2.05, 4.69) is 43.3 Å². The molecule has 3 aromatic heterocycles. The third kappa shape index (κ3) is 5.40. The van der Waals surface area contributed by atoms with Crippen molar-refractivity contribution in [3.8, 4) is 0 Å². The lowest BCUT2D eigenvalue weighted by Gasteiger charge is -2.24. The molecule has 1 unspecified atom stereocenters. The summed E-state index contributed by atoms with van der Waals surface area (Å²) in [4.78, 5) is 6.88. The summed E-state index contributed by atoms with van der Waals surface area (Å²) in [5.41, 5.74) is -0.967. The van der Waals surface area contributed by atoms with E-state index < -0.39 is 5.60 Å². The number of aliphatic imine (C=N–C) groups is 1. The Morgan fingerprint density at radius 3 is 2.64 bits per heavy atom. The summed E-state index contributed by atoms with van der Waals surface area (Å²) < 4.78 is 1.93. The van der Waals surface area contributed by atoms with Crippen LogP contribution >= 0.6 is 22.7 Å². The van der Waals surface area contributed by atoms with Gasteiger partial charge in [-0.15, -0.1) is 32.9 Å². The van der Waals surface area contributed by atoms with Gasteiger partial charge in [-0.25, -0.2) is 4.99 Å². The highest BCUT2D eigenvalue weighted by molar-refractivity contribution is 7.10. The number of aryl methyl sites for hydroxylation is 1. The summed E-state index contributed by atoms with van der Waals surface area (Å²) >= 11 is 3.29. The van der Waals surface area contributed by atoms with Gasteiger partial charge in [0, 0.05) is 23.3 Å². The minimum absolute atomic E-state index is 0.357. The number of hydrogen-bond donors (Lipinski definition) is 3. The highest BCUT2D eigenvalue weighted by Crippen LogP contribution is 2.24. The first kappa shape index (κ1) is 20.5. The minimum atomic E-state index is -0.967. The van der Waals surface area contributed by atoms with E-state index in [-0.39, 0.29) is 0 Å². The monoisotopic (exact) mass is 418 g/mol. The van der Waals surface area contributed by atoms with E-state index in [9.17, 15) is 5.11 Å². The number of aromatic nitrogens is 3. The van der Waals surface area contributed by atoms with Gasteiger partial charge in [-0.05, 0) is 43.2 Å². The summed E-state index contributed by atoms with van der Waals surface area (Å²) in [5, 5.41) is 29.7. The van der Waals surface area contributed by atoms with Crippen molar-refractivity contribution < 1.29 is 5.11 Å². The molecule has 3 rings (SSSR count). The normalized spacial score (nSPS) is 14.1. The van der Waals surface area contributed by atoms with Crippen molar-refractivity contribution in [1.29, 1.82) is 0 Å². The summed E-state index contributed by atoms with van der Waals surface area (Å²) in [5.74, 6) is 2.29. The third-order valence-electron chi connectivity index (χ3n) is 4.46. The molecule has 0 radical (unpaired) electrons. The van der Waals surface area contributed by atoms with Crippen LogP contribution in [0.2, 0.25) is 0 Å². The van der Waals surface area contributed by atoms with Crippen LogP contribution in [0.4, 0.5) is 0 Å². The molecule has 0 bridgehead atoms. The Morgan fingerprint density at radius 2 is 2.00 bits per heavy atom. The highest BCUT2D eigenvalue weighted by atomic mass is 32.1. The van der Waals surface area contributed by atoms with Gasteiger partial charge in [-0.2, -0.15) is 0 Å². The van der Waals surface area contributed by atoms with E-state index in [1.54, 1.807) is 29.6 Å². The highest BCUT2D eigenvalue weighted by Gasteiger charge is 2.24. The molecule has 0 aliphatic carbocycles. The molecule has 3 heterocycles. The van der Waals surface area contributed by atoms with Crippen molar-refractivity contribution in [2.24, 2.45) is 12.0 Å². The van der Waals surface area contributed by atoms with Gasteiger partial charge >= 0.3 is 0 Å². The molecule has 7 nitrogen and oxygen atoms in total. The Balaban J connectivity index is 1.64. The quantitative estimate of drug-likeness (QED) is 0.386. The lowest BCUT2D eigenvalue weighted by atomic mass is 10.1. The Kier molecular flexibility index (Phi) is 6.82. The molecule has 3 aromatic rings. The maximum Gasteiger partial charge on any atom is 0.191 e. The molecule has 0 aromatic carbocycles. The largest absolute Gasteiger partial charge is 0.383 e. The molecular formula is C19H26N6OS2. The predicted octanol–water partition coefficient (Wildman–Crippen LogP) is 2.43. The maximum atomic E-state index is 10.8. The van der Waals surface area contributed by atoms with Crippen molar-refractivity contribution in [2.75, 3.05) is 13.1 Å². The fourth-order valence-electron chi connectivity index (χ4n) is 2.60. The number of hydrogen-bond acceptors (Lipinski definition) is 6. The standard InChI is InChI=1S/C19H26N6OS2/c1-14-23-24-17(25(14)3)12-21-18(20-9-8-15-6-4-10-27-15)22-13-19(2,26)16-7-5-11-28-16/h4-7,10-11,26H,8-9,12-13H2,1-3H3,(H2,20,21,22). The van der Waals surface area contributed by atoms with Gasteiger partial charge in [0.15, 0.2) is 11.8 Å². The molecular weight excluding hydrogens is 392 g/mol. The molecule has 0 amide bonds. The van der Waals surface area contributed by atoms with E-state index >= 15 is 0 Å². The fourth-order valence-corrected chi connectivity index (χ4v) is 4.10. The van der Waals surface area contributed by atoms with Crippen molar-refractivity contribution >= 4 is 28.6 Å². The van der Waals surface area contributed by atoms with Crippen LogP contribution in [0.5, 0.6) is 0 Å². The smallest absolute Gasteiger partial charge is 0.191 e. The van der Waals surface area contributed by atoms with Crippen LogP contribution in [-0.2, 0) is 25.6 Å². The Bertz CT molecular complexity index is 884. The Hall–Kier alpha value is -2.23. The molecule has 3 N–H and O–H groups in total. The third-order valence-corrected chi connectivity index (χ3v) is 6.52. The SMILES string of the molecule is Cc1nnc(CN=C(NCCc2cccs2)NCC(C)(O)c2cccs2)n1C. The first-order valence-electron chi connectivity index (χ1n) is 9.11. The topological polar surface area (TPSA) is 87.4 Å². The van der Waals surface area contributed by atoms with Crippen LogP contribution in [0.3, 0.4) is 0 Å². The molecule has 0 fully saturated rings. The molecule has 1 atom stereocenters. The van der Waals surface area contributed by atoms with Gasteiger partial charge in [0.2, 0.25) is 0 Å². The van der Waals surface area contributed by atoms with Crippen LogP contribution in [0.25, 0.3) is 0 Å². The summed E-state index contributed by atoms with van der Waals surface area (Å²) in [6.07, 6.45) is 0.919. The van der Waals surface area contributed by atoms with E-state index in [0.717, 1.165) is 29.5 Å². The Labute approximate surface area is 173 Å². The van der Waals surface area contributed by atoms with Crippen molar-refractivity contribution in [3.05, 3.63) is 56.4 Å². The second-order valence-corrected chi connectivity index (χ2v) is 8.73. The van der Waals surface area contributed by atoms with Gasteiger partial charge < -0.3 is 20.3 Å². The number of thiophene rings is 2. The zero-order valence-corrected chi connectivity index (χ0v) is 18.0. The average Bonchev–Trinajstić information content (AvgIpc) is 3.42. The first-order valence-corrected chi connectivity index (χ1v) is 10.9. The second kappa shape index (κ2) is 9.31. The van der Waals surface area contributed by atoms with Crippen LogP contribution in [0, 0.1) is 6.92 Å². The van der Waals surface area contributed by atoms with Crippen molar-refractivity contribution in [3.63, 3.8) is 0 Å². The van der Waals surface area contributed by atoms with Gasteiger partial charge in [0.1, 0.15) is 18.0 Å². The van der Waals surface area contributed by atoms with E-state index in [1.165, 1.54) is 4.88 Å². The Morgan fingerprint density at radius 1 is 1.21 bits per heavy atom. The molecule has 150 valence electrons. The molecule has 0 aliphatic rings. The minimum Gasteiger partial charge on any atom is -0.383 e. The fraction of sp³-hybridized carbons (Fsp3) is 0.421. The number of nitrogens with zero attached hydrogens (tertiary/aromatic N) is 4. The summed E-state index contributed by atoms with van der Waals surface area (Å²) in [6.45, 7) is 5.24. The van der Waals surface area contributed by atoms with Gasteiger partial charge in [-0.1, -0.05) is 12.1 Å². The summed E-state index contributed by atoms with van der Waals surface area (Å²) in [6, 6.07) is 8.07. The maximum absolute atomic E-state index is 10.8. The zero-order valence-electron chi connectivity index (χ0n) is 16.3. The van der Waals surface area contributed by atoms with Crippen molar-refractivity contribution in [2.45, 2.75) is 32.4 Å². The lowest BCUT2D eigenvalue weighted by Crippen LogP contribution is -2.44. The molecule has 9 heteroatoms. The number of guanidine groups is 1. The van der Waals surface area contributed by atoms with Gasteiger partial charge in [0.05, 0.1) is 6.54 Å². The molecule has 28 heavy (non-hydrogen) atoms. The van der Waals surface area contributed by atoms with E-state index in [0.29, 0.717) is 19.0 Å². The number of aliphatic hydroxyl groups is 1. The van der Waals surface area contributed by atoms with Crippen LogP contribution in [-0.4, -0.2) is 38.9 Å². The molecule has 0 saturated heterocycles. The molecule has 0 aliphatic heterocycles. The average molecular weight is 419 g/mol. The lowest BCUT2D eigenvalue weighted by molar-refractivity contribution is 0.0655. The van der Waals surface area contributed by atoms with Gasteiger partial charge in [-0.3, -0.25) is 0 Å². The van der Waals surface area contributed by atoms with Crippen LogP contribution in [0.15, 0.2) is 40.0 Å². The number of rotatable bonds is 8.